The summed E-state index contributed by atoms with van der Waals surface area (Å²) in [7, 11) is 0. The van der Waals surface area contributed by atoms with Crippen LogP contribution in [0.5, 0.6) is 0 Å². The Kier molecular flexibility index (Phi) is 7.45. The first-order valence-corrected chi connectivity index (χ1v) is 14.6. The average Bonchev–Trinajstić information content (AvgIpc) is 2.60. The van der Waals surface area contributed by atoms with Gasteiger partial charge in [-0.1, -0.05) is 81.4 Å². The van der Waals surface area contributed by atoms with E-state index < -0.39 is 0 Å². The van der Waals surface area contributed by atoms with Crippen molar-refractivity contribution in [2.24, 2.45) is 21.7 Å². The molecule has 1 aromatic carbocycles. The summed E-state index contributed by atoms with van der Waals surface area (Å²) >= 11 is 0. The van der Waals surface area contributed by atoms with Crippen LogP contribution in [0.25, 0.3) is 0 Å². The molecule has 0 saturated heterocycles. The van der Waals surface area contributed by atoms with Gasteiger partial charge in [0.1, 0.15) is 0 Å². The highest BCUT2D eigenvalue weighted by atomic mass is 14.6. The summed E-state index contributed by atoms with van der Waals surface area (Å²) in [6, 6.07) is 0. The van der Waals surface area contributed by atoms with Gasteiger partial charge in [0.25, 0.3) is 0 Å². The summed E-state index contributed by atoms with van der Waals surface area (Å²) in [5.74, 6) is 0. The summed E-state index contributed by atoms with van der Waals surface area (Å²) in [6.07, 6.45) is 13.9. The van der Waals surface area contributed by atoms with Gasteiger partial charge in [-0.15, -0.1) is 13.2 Å². The molecule has 0 nitrogen and oxygen atoms in total. The van der Waals surface area contributed by atoms with Gasteiger partial charge in [-0.2, -0.15) is 0 Å². The minimum atomic E-state index is 0.312. The van der Waals surface area contributed by atoms with Crippen LogP contribution in [-0.2, 0) is 23.7 Å². The fraction of sp³-hybridized carbons (Fsp3) is 0.722. The van der Waals surface area contributed by atoms with Gasteiger partial charge in [0, 0.05) is 0 Å². The molecule has 0 bridgehead atoms. The van der Waals surface area contributed by atoms with E-state index in [2.05, 4.69) is 108 Å². The molecule has 0 radical (unpaired) electrons. The van der Waals surface area contributed by atoms with Crippen LogP contribution in [0.15, 0.2) is 25.3 Å². The highest BCUT2D eigenvalue weighted by Gasteiger charge is 2.51. The molecule has 202 valence electrons. The second kappa shape index (κ2) is 9.17. The normalized spacial score (nSPS) is 23.9. The highest BCUT2D eigenvalue weighted by molar-refractivity contribution is 5.65. The van der Waals surface area contributed by atoms with Gasteiger partial charge in [-0.25, -0.2) is 0 Å². The molecular formula is C36H58. The number of hydrogen-bond acceptors (Lipinski definition) is 0. The fourth-order valence-electron chi connectivity index (χ4n) is 10.0. The molecule has 0 aromatic heterocycles. The molecule has 0 aliphatic heterocycles. The van der Waals surface area contributed by atoms with E-state index in [1.54, 1.807) is 33.4 Å². The van der Waals surface area contributed by atoms with Gasteiger partial charge in [0.15, 0.2) is 0 Å². The third-order valence-electron chi connectivity index (χ3n) is 9.65. The molecule has 0 N–H and O–H groups in total. The molecule has 2 aliphatic rings. The first-order chi connectivity index (χ1) is 16.2. The Morgan fingerprint density at radius 1 is 0.611 bits per heavy atom. The van der Waals surface area contributed by atoms with Crippen LogP contribution in [0.1, 0.15) is 141 Å². The molecule has 0 heterocycles. The number of hydrogen-bond donors (Lipinski definition) is 0. The van der Waals surface area contributed by atoms with Gasteiger partial charge in [0.2, 0.25) is 0 Å². The van der Waals surface area contributed by atoms with E-state index in [0.29, 0.717) is 32.5 Å². The molecular weight excluding hydrogens is 432 g/mol. The SMILES string of the molecule is C=CCC(C)(C)CC(C)(C)CC1(C)Cc2c(C)c3c(c(C)c21)CC3(C)CC(C)(C)CC(C)(C)CC=C. The van der Waals surface area contributed by atoms with Crippen LogP contribution < -0.4 is 0 Å². The maximum absolute atomic E-state index is 4.01. The minimum Gasteiger partial charge on any atom is -0.103 e. The molecule has 2 aliphatic carbocycles. The lowest BCUT2D eigenvalue weighted by atomic mass is 9.49. The molecule has 1 aromatic rings. The van der Waals surface area contributed by atoms with Crippen LogP contribution in [-0.4, -0.2) is 0 Å². The number of allylic oxidation sites excluding steroid dienone is 2. The molecule has 0 spiro atoms. The zero-order valence-corrected chi connectivity index (χ0v) is 26.2. The summed E-state index contributed by atoms with van der Waals surface area (Å²) in [5.41, 5.74) is 11.9. The minimum absolute atomic E-state index is 0.312. The lowest BCUT2D eigenvalue weighted by Gasteiger charge is -2.55. The molecule has 36 heavy (non-hydrogen) atoms. The Labute approximate surface area is 225 Å². The Balaban J connectivity index is 1.86. The maximum Gasteiger partial charge on any atom is -0.00241 e. The topological polar surface area (TPSA) is 0 Å². The van der Waals surface area contributed by atoms with Gasteiger partial charge in [-0.3, -0.25) is 0 Å². The van der Waals surface area contributed by atoms with Crippen molar-refractivity contribution < 1.29 is 0 Å². The van der Waals surface area contributed by atoms with Crippen molar-refractivity contribution in [1.29, 1.82) is 0 Å². The molecule has 0 amide bonds. The largest absolute Gasteiger partial charge is 0.103 e. The molecule has 2 atom stereocenters. The number of benzene rings is 1. The zero-order chi connectivity index (χ0) is 27.5. The molecule has 0 saturated carbocycles. The van der Waals surface area contributed by atoms with E-state index in [4.69, 9.17) is 0 Å². The summed E-state index contributed by atoms with van der Waals surface area (Å²) in [4.78, 5) is 0. The van der Waals surface area contributed by atoms with Crippen molar-refractivity contribution in [1.82, 2.24) is 0 Å². The first-order valence-electron chi connectivity index (χ1n) is 14.6. The van der Waals surface area contributed by atoms with Crippen molar-refractivity contribution in [2.75, 3.05) is 0 Å². The summed E-state index contributed by atoms with van der Waals surface area (Å²) in [5, 5.41) is 0. The Hall–Kier alpha value is -1.30. The van der Waals surface area contributed by atoms with Gasteiger partial charge >= 0.3 is 0 Å². The smallest absolute Gasteiger partial charge is 0.00241 e. The van der Waals surface area contributed by atoms with E-state index in [0.717, 1.165) is 12.8 Å². The highest BCUT2D eigenvalue weighted by Crippen LogP contribution is 2.60. The Morgan fingerprint density at radius 2 is 0.917 bits per heavy atom. The third-order valence-corrected chi connectivity index (χ3v) is 9.65. The van der Waals surface area contributed by atoms with E-state index in [9.17, 15) is 0 Å². The van der Waals surface area contributed by atoms with Crippen LogP contribution in [0.2, 0.25) is 0 Å². The van der Waals surface area contributed by atoms with Crippen LogP contribution >= 0.6 is 0 Å². The molecule has 2 unspecified atom stereocenters. The van der Waals surface area contributed by atoms with E-state index in [1.165, 1.54) is 38.5 Å². The fourth-order valence-corrected chi connectivity index (χ4v) is 10.0. The predicted molar refractivity (Wildman–Crippen MR) is 161 cm³/mol. The van der Waals surface area contributed by atoms with E-state index in [1.807, 2.05) is 0 Å². The van der Waals surface area contributed by atoms with E-state index in [-0.39, 0.29) is 0 Å². The van der Waals surface area contributed by atoms with Crippen molar-refractivity contribution in [2.45, 2.75) is 145 Å². The van der Waals surface area contributed by atoms with Crippen molar-refractivity contribution in [3.8, 4) is 0 Å². The van der Waals surface area contributed by atoms with Crippen molar-refractivity contribution in [3.05, 3.63) is 58.7 Å². The summed E-state index contributed by atoms with van der Waals surface area (Å²) in [6.45, 7) is 37.6. The first kappa shape index (κ1) is 29.3. The predicted octanol–water partition coefficient (Wildman–Crippen LogP) is 10.7. The van der Waals surface area contributed by atoms with Crippen molar-refractivity contribution in [3.63, 3.8) is 0 Å². The lowest BCUT2D eigenvalue weighted by Crippen LogP contribution is -2.48. The van der Waals surface area contributed by atoms with E-state index >= 15 is 0 Å². The average molecular weight is 491 g/mol. The molecule has 0 heteroatoms. The van der Waals surface area contributed by atoms with Gasteiger partial charge in [0.05, 0.1) is 0 Å². The molecule has 3 rings (SSSR count). The Morgan fingerprint density at radius 3 is 1.19 bits per heavy atom. The Bertz CT molecular complexity index is 927. The summed E-state index contributed by atoms with van der Waals surface area (Å²) < 4.78 is 0. The van der Waals surface area contributed by atoms with Gasteiger partial charge < -0.3 is 0 Å². The lowest BCUT2D eigenvalue weighted by molar-refractivity contribution is 0.134. The monoisotopic (exact) mass is 490 g/mol. The second-order valence-corrected chi connectivity index (χ2v) is 16.8. The quantitative estimate of drug-likeness (QED) is 0.255. The standard InChI is InChI=1S/C36H58/c1-15-17-31(5,6)21-33(9,10)23-35(13)19-27-26(4)30-28(25(3)29(27)35)20-36(30,14)24-34(11,12)22-32(7,8)18-16-2/h15-16H,1-2,17-24H2,3-14H3. The van der Waals surface area contributed by atoms with Crippen molar-refractivity contribution >= 4 is 0 Å². The zero-order valence-electron chi connectivity index (χ0n) is 26.2. The third kappa shape index (κ3) is 5.59. The van der Waals surface area contributed by atoms with Crippen LogP contribution in [0.3, 0.4) is 0 Å². The van der Waals surface area contributed by atoms with Crippen LogP contribution in [0.4, 0.5) is 0 Å². The number of rotatable bonds is 12. The molecule has 0 fully saturated rings. The number of fused-ring (bicyclic) bond motifs is 2. The van der Waals surface area contributed by atoms with Crippen LogP contribution in [0, 0.1) is 35.5 Å². The van der Waals surface area contributed by atoms with Gasteiger partial charge in [-0.05, 0) is 131 Å². The second-order valence-electron chi connectivity index (χ2n) is 16.8. The maximum atomic E-state index is 4.01.